The summed E-state index contributed by atoms with van der Waals surface area (Å²) >= 11 is 5.99. The fourth-order valence-electron chi connectivity index (χ4n) is 2.03. The Bertz CT molecular complexity index is 323. The lowest BCUT2D eigenvalue weighted by molar-refractivity contribution is 0.328. The highest BCUT2D eigenvalue weighted by Crippen LogP contribution is 2.30. The molecule has 0 spiro atoms. The first-order valence-corrected chi connectivity index (χ1v) is 6.13. The number of halogens is 1. The molecule has 0 aliphatic rings. The summed E-state index contributed by atoms with van der Waals surface area (Å²) in [6, 6.07) is 8.01. The van der Waals surface area contributed by atoms with Crippen LogP contribution in [0, 0.1) is 11.8 Å². The lowest BCUT2D eigenvalue weighted by atomic mass is 9.80. The van der Waals surface area contributed by atoms with Crippen molar-refractivity contribution >= 4 is 11.6 Å². The molecule has 0 aromatic heterocycles. The summed E-state index contributed by atoms with van der Waals surface area (Å²) in [7, 11) is 0. The molecule has 0 saturated carbocycles. The lowest BCUT2D eigenvalue weighted by Crippen LogP contribution is -2.31. The van der Waals surface area contributed by atoms with E-state index in [1.54, 1.807) is 0 Å². The highest BCUT2D eigenvalue weighted by molar-refractivity contribution is 6.30. The molecule has 3 heteroatoms. The average molecular weight is 241 g/mol. The summed E-state index contributed by atoms with van der Waals surface area (Å²) in [5, 5.41) is 0.786. The largest absolute Gasteiger partial charge is 0.330 e. The minimum Gasteiger partial charge on any atom is -0.330 e. The summed E-state index contributed by atoms with van der Waals surface area (Å²) in [5.74, 6) is 1.26. The van der Waals surface area contributed by atoms with E-state index in [1.807, 2.05) is 18.2 Å². The van der Waals surface area contributed by atoms with Gasteiger partial charge in [0.1, 0.15) is 0 Å². The van der Waals surface area contributed by atoms with E-state index in [-0.39, 0.29) is 0 Å². The first-order valence-electron chi connectivity index (χ1n) is 5.75. The Balaban J connectivity index is 2.80. The van der Waals surface area contributed by atoms with Crippen molar-refractivity contribution in [3.8, 4) is 0 Å². The van der Waals surface area contributed by atoms with E-state index in [9.17, 15) is 0 Å². The van der Waals surface area contributed by atoms with Crippen LogP contribution in [-0.4, -0.2) is 13.1 Å². The fourth-order valence-corrected chi connectivity index (χ4v) is 2.23. The molecule has 0 saturated heterocycles. The average Bonchev–Trinajstić information content (AvgIpc) is 2.29. The normalized spacial score (nSPS) is 15.1. The van der Waals surface area contributed by atoms with Gasteiger partial charge in [0.2, 0.25) is 0 Å². The van der Waals surface area contributed by atoms with Gasteiger partial charge >= 0.3 is 0 Å². The third kappa shape index (κ3) is 3.21. The molecule has 16 heavy (non-hydrogen) atoms. The van der Waals surface area contributed by atoms with Gasteiger partial charge in [0, 0.05) is 5.02 Å². The summed E-state index contributed by atoms with van der Waals surface area (Å²) in [4.78, 5) is 0. The van der Waals surface area contributed by atoms with Crippen molar-refractivity contribution in [2.24, 2.45) is 23.3 Å². The Morgan fingerprint density at radius 1 is 1.19 bits per heavy atom. The number of nitrogens with two attached hydrogens (primary N) is 2. The van der Waals surface area contributed by atoms with Crippen molar-refractivity contribution < 1.29 is 0 Å². The number of rotatable bonds is 5. The number of benzene rings is 1. The van der Waals surface area contributed by atoms with E-state index in [0.29, 0.717) is 30.8 Å². The van der Waals surface area contributed by atoms with E-state index in [0.717, 1.165) is 5.02 Å². The molecule has 1 aromatic rings. The van der Waals surface area contributed by atoms with Crippen LogP contribution in [0.1, 0.15) is 25.3 Å². The second kappa shape index (κ2) is 6.24. The van der Waals surface area contributed by atoms with E-state index in [2.05, 4.69) is 19.9 Å². The lowest BCUT2D eigenvalue weighted by Gasteiger charge is -2.27. The highest BCUT2D eigenvalue weighted by Gasteiger charge is 2.21. The van der Waals surface area contributed by atoms with Crippen LogP contribution in [0.25, 0.3) is 0 Å². The van der Waals surface area contributed by atoms with Crippen molar-refractivity contribution in [2.75, 3.05) is 13.1 Å². The Morgan fingerprint density at radius 3 is 2.31 bits per heavy atom. The van der Waals surface area contributed by atoms with Crippen LogP contribution < -0.4 is 11.5 Å². The summed E-state index contributed by atoms with van der Waals surface area (Å²) < 4.78 is 0. The van der Waals surface area contributed by atoms with Crippen LogP contribution in [0.3, 0.4) is 0 Å². The molecule has 0 aliphatic carbocycles. The third-order valence-electron chi connectivity index (χ3n) is 3.51. The monoisotopic (exact) mass is 240 g/mol. The van der Waals surface area contributed by atoms with E-state index in [1.165, 1.54) is 5.56 Å². The molecule has 0 radical (unpaired) electrons. The maximum atomic E-state index is 5.99. The zero-order chi connectivity index (χ0) is 12.1. The number of hydrogen-bond acceptors (Lipinski definition) is 2. The zero-order valence-corrected chi connectivity index (χ0v) is 10.7. The molecule has 0 fully saturated rings. The maximum absolute atomic E-state index is 5.99. The van der Waals surface area contributed by atoms with Crippen molar-refractivity contribution in [3.63, 3.8) is 0 Å². The van der Waals surface area contributed by atoms with Gasteiger partial charge in [0.15, 0.2) is 0 Å². The van der Waals surface area contributed by atoms with E-state index < -0.39 is 0 Å². The molecule has 0 aliphatic heterocycles. The predicted octanol–water partition coefficient (Wildman–Crippen LogP) is 2.61. The molecule has 2 atom stereocenters. The summed E-state index contributed by atoms with van der Waals surface area (Å²) in [5.41, 5.74) is 12.7. The SMILES string of the molecule is CC(c1cccc(Cl)c1)C(C)C(CN)CN. The van der Waals surface area contributed by atoms with Gasteiger partial charge in [-0.2, -0.15) is 0 Å². The van der Waals surface area contributed by atoms with Crippen LogP contribution >= 0.6 is 11.6 Å². The summed E-state index contributed by atoms with van der Waals surface area (Å²) in [6.45, 7) is 5.69. The molecule has 1 rings (SSSR count). The smallest absolute Gasteiger partial charge is 0.0408 e. The molecular formula is C13H21ClN2. The minimum absolute atomic E-state index is 0.369. The van der Waals surface area contributed by atoms with Crippen molar-refractivity contribution in [1.29, 1.82) is 0 Å². The van der Waals surface area contributed by atoms with Gasteiger partial charge in [-0.3, -0.25) is 0 Å². The van der Waals surface area contributed by atoms with Gasteiger partial charge in [-0.25, -0.2) is 0 Å². The van der Waals surface area contributed by atoms with Gasteiger partial charge in [0.25, 0.3) is 0 Å². The molecule has 90 valence electrons. The number of hydrogen-bond donors (Lipinski definition) is 2. The van der Waals surface area contributed by atoms with Crippen molar-refractivity contribution in [2.45, 2.75) is 19.8 Å². The molecule has 2 unspecified atom stereocenters. The summed E-state index contributed by atoms with van der Waals surface area (Å²) in [6.07, 6.45) is 0. The van der Waals surface area contributed by atoms with E-state index >= 15 is 0 Å². The Labute approximate surface area is 103 Å². The first-order chi connectivity index (χ1) is 7.60. The predicted molar refractivity (Wildman–Crippen MR) is 70.6 cm³/mol. The quantitative estimate of drug-likeness (QED) is 0.831. The maximum Gasteiger partial charge on any atom is 0.0408 e. The standard InChI is InChI=1S/C13H21ClN2/c1-9(10(2)12(7-15)8-16)11-4-3-5-13(14)6-11/h3-6,9-10,12H,7-8,15-16H2,1-2H3. The second-order valence-electron chi connectivity index (χ2n) is 4.43. The van der Waals surface area contributed by atoms with E-state index in [4.69, 9.17) is 23.1 Å². The van der Waals surface area contributed by atoms with Gasteiger partial charge in [-0.15, -0.1) is 0 Å². The molecule has 0 heterocycles. The van der Waals surface area contributed by atoms with Crippen LogP contribution in [0.15, 0.2) is 24.3 Å². The molecule has 1 aromatic carbocycles. The Morgan fingerprint density at radius 2 is 1.81 bits per heavy atom. The Kier molecular flexibility index (Phi) is 5.26. The highest BCUT2D eigenvalue weighted by atomic mass is 35.5. The van der Waals surface area contributed by atoms with Crippen molar-refractivity contribution in [1.82, 2.24) is 0 Å². The van der Waals surface area contributed by atoms with Crippen molar-refractivity contribution in [3.05, 3.63) is 34.9 Å². The van der Waals surface area contributed by atoms with Gasteiger partial charge in [-0.05, 0) is 48.5 Å². The van der Waals surface area contributed by atoms with Crippen LogP contribution in [0.5, 0.6) is 0 Å². The van der Waals surface area contributed by atoms with Gasteiger partial charge in [0.05, 0.1) is 0 Å². The van der Waals surface area contributed by atoms with Crippen LogP contribution in [0.2, 0.25) is 5.02 Å². The molecule has 2 nitrogen and oxygen atoms in total. The third-order valence-corrected chi connectivity index (χ3v) is 3.75. The van der Waals surface area contributed by atoms with Crippen LogP contribution in [-0.2, 0) is 0 Å². The molecule has 4 N–H and O–H groups in total. The van der Waals surface area contributed by atoms with Gasteiger partial charge < -0.3 is 11.5 Å². The molecular weight excluding hydrogens is 220 g/mol. The van der Waals surface area contributed by atoms with Gasteiger partial charge in [-0.1, -0.05) is 37.6 Å². The molecule has 0 bridgehead atoms. The topological polar surface area (TPSA) is 52.0 Å². The first kappa shape index (κ1) is 13.5. The minimum atomic E-state index is 0.369. The van der Waals surface area contributed by atoms with Crippen LogP contribution in [0.4, 0.5) is 0 Å². The zero-order valence-electron chi connectivity index (χ0n) is 9.99. The second-order valence-corrected chi connectivity index (χ2v) is 4.87. The Hall–Kier alpha value is -0.570. The molecule has 0 amide bonds. The fraction of sp³-hybridized carbons (Fsp3) is 0.538.